The van der Waals surface area contributed by atoms with E-state index in [0.717, 1.165) is 18.6 Å². The van der Waals surface area contributed by atoms with Crippen molar-refractivity contribution in [1.29, 1.82) is 0 Å². The van der Waals surface area contributed by atoms with Crippen LogP contribution in [0.5, 0.6) is 0 Å². The van der Waals surface area contributed by atoms with Crippen molar-refractivity contribution in [1.82, 2.24) is 5.32 Å². The first kappa shape index (κ1) is 11.7. The molecule has 1 aliphatic rings. The summed E-state index contributed by atoms with van der Waals surface area (Å²) in [5, 5.41) is 11.0. The quantitative estimate of drug-likeness (QED) is 0.661. The fraction of sp³-hybridized carbons (Fsp3) is 0.600. The highest BCUT2D eigenvalue weighted by molar-refractivity contribution is 5.94. The van der Waals surface area contributed by atoms with Crippen molar-refractivity contribution in [2.24, 2.45) is 0 Å². The first-order chi connectivity index (χ1) is 6.92. The van der Waals surface area contributed by atoms with E-state index in [1.807, 2.05) is 13.8 Å². The fourth-order valence-electron chi connectivity index (χ4n) is 1.50. The molecule has 0 spiro atoms. The van der Waals surface area contributed by atoms with E-state index in [0.29, 0.717) is 6.61 Å². The van der Waals surface area contributed by atoms with Gasteiger partial charge in [-0.3, -0.25) is 4.79 Å². The molecule has 0 aliphatic carbocycles. The number of carbonyl (C=O) groups excluding carboxylic acids is 1. The van der Waals surface area contributed by atoms with Gasteiger partial charge in [-0.05, 0) is 20.3 Å². The first-order valence-corrected chi connectivity index (χ1v) is 4.77. The Morgan fingerprint density at radius 1 is 1.47 bits per heavy atom. The number of nitrogens with one attached hydrogen (secondary N) is 1. The van der Waals surface area contributed by atoms with Crippen LogP contribution in [0, 0.1) is 0 Å². The number of aliphatic carboxylic acids is 1. The number of hydrogen-bond donors (Lipinski definition) is 2. The molecule has 1 heterocycles. The van der Waals surface area contributed by atoms with Crippen LogP contribution in [-0.4, -0.2) is 35.2 Å². The topological polar surface area (TPSA) is 75.6 Å². The summed E-state index contributed by atoms with van der Waals surface area (Å²) in [5.41, 5.74) is -0.382. The number of carboxylic acid groups (broad SMARTS) is 1. The minimum atomic E-state index is -1.13. The summed E-state index contributed by atoms with van der Waals surface area (Å²) in [6.45, 7) is 4.40. The van der Waals surface area contributed by atoms with Gasteiger partial charge < -0.3 is 15.2 Å². The average molecular weight is 213 g/mol. The van der Waals surface area contributed by atoms with E-state index in [-0.39, 0.29) is 11.6 Å². The van der Waals surface area contributed by atoms with Crippen molar-refractivity contribution in [3.05, 3.63) is 12.2 Å². The van der Waals surface area contributed by atoms with Crippen molar-refractivity contribution in [3.8, 4) is 0 Å². The van der Waals surface area contributed by atoms with Gasteiger partial charge in [0.05, 0.1) is 11.6 Å². The second-order valence-electron chi connectivity index (χ2n) is 3.97. The Kier molecular flexibility index (Phi) is 3.47. The summed E-state index contributed by atoms with van der Waals surface area (Å²) < 4.78 is 5.42. The molecule has 5 heteroatoms. The van der Waals surface area contributed by atoms with Crippen LogP contribution in [0.2, 0.25) is 0 Å². The third-order valence-corrected chi connectivity index (χ3v) is 2.41. The van der Waals surface area contributed by atoms with E-state index in [1.165, 1.54) is 0 Å². The highest BCUT2D eigenvalue weighted by Gasteiger charge is 2.36. The molecule has 1 saturated heterocycles. The molecule has 0 aromatic rings. The predicted octanol–water partition coefficient (Wildman–Crippen LogP) is 0.311. The van der Waals surface area contributed by atoms with E-state index in [2.05, 4.69) is 5.32 Å². The lowest BCUT2D eigenvalue weighted by Crippen LogP contribution is -2.45. The minimum absolute atomic E-state index is 0.0663. The fourth-order valence-corrected chi connectivity index (χ4v) is 1.50. The molecule has 1 aliphatic heterocycles. The summed E-state index contributed by atoms with van der Waals surface area (Å²) >= 11 is 0. The summed E-state index contributed by atoms with van der Waals surface area (Å²) in [6, 6.07) is -0.0663. The van der Waals surface area contributed by atoms with Crippen LogP contribution >= 0.6 is 0 Å². The Balaban J connectivity index is 2.48. The van der Waals surface area contributed by atoms with Crippen molar-refractivity contribution < 1.29 is 19.4 Å². The Bertz CT molecular complexity index is 296. The highest BCUT2D eigenvalue weighted by atomic mass is 16.5. The molecule has 1 fully saturated rings. The van der Waals surface area contributed by atoms with Crippen LogP contribution in [0.3, 0.4) is 0 Å². The van der Waals surface area contributed by atoms with E-state index >= 15 is 0 Å². The van der Waals surface area contributed by atoms with E-state index in [4.69, 9.17) is 9.84 Å². The molecule has 0 aromatic carbocycles. The lowest BCUT2D eigenvalue weighted by atomic mass is 9.99. The van der Waals surface area contributed by atoms with Gasteiger partial charge in [0.1, 0.15) is 0 Å². The summed E-state index contributed by atoms with van der Waals surface area (Å²) in [6.07, 6.45) is 2.58. The molecule has 1 atom stereocenters. The Labute approximate surface area is 88.1 Å². The largest absolute Gasteiger partial charge is 0.478 e. The Morgan fingerprint density at radius 3 is 2.60 bits per heavy atom. The number of rotatable bonds is 3. The normalized spacial score (nSPS) is 24.3. The van der Waals surface area contributed by atoms with Crippen LogP contribution in [0.4, 0.5) is 0 Å². The van der Waals surface area contributed by atoms with Crippen molar-refractivity contribution in [2.75, 3.05) is 6.61 Å². The molecular weight excluding hydrogens is 198 g/mol. The zero-order chi connectivity index (χ0) is 11.5. The lowest BCUT2D eigenvalue weighted by molar-refractivity contribution is -0.131. The smallest absolute Gasteiger partial charge is 0.328 e. The SMILES string of the molecule is CC1(C)OCCC1NC(=O)/C=C/C(=O)O. The lowest BCUT2D eigenvalue weighted by Gasteiger charge is -2.25. The number of carboxylic acids is 1. The highest BCUT2D eigenvalue weighted by Crippen LogP contribution is 2.24. The van der Waals surface area contributed by atoms with Gasteiger partial charge in [0.15, 0.2) is 0 Å². The number of amides is 1. The van der Waals surface area contributed by atoms with Crippen LogP contribution in [0.15, 0.2) is 12.2 Å². The van der Waals surface area contributed by atoms with Gasteiger partial charge in [-0.15, -0.1) is 0 Å². The van der Waals surface area contributed by atoms with Crippen LogP contribution in [-0.2, 0) is 14.3 Å². The van der Waals surface area contributed by atoms with Crippen LogP contribution in [0.1, 0.15) is 20.3 Å². The van der Waals surface area contributed by atoms with Gasteiger partial charge in [-0.2, -0.15) is 0 Å². The molecule has 0 aromatic heterocycles. The molecule has 84 valence electrons. The van der Waals surface area contributed by atoms with Crippen molar-refractivity contribution in [2.45, 2.75) is 31.9 Å². The van der Waals surface area contributed by atoms with Crippen molar-refractivity contribution in [3.63, 3.8) is 0 Å². The first-order valence-electron chi connectivity index (χ1n) is 4.77. The second-order valence-corrected chi connectivity index (χ2v) is 3.97. The maximum atomic E-state index is 11.3. The molecule has 15 heavy (non-hydrogen) atoms. The molecule has 1 rings (SSSR count). The maximum absolute atomic E-state index is 11.3. The maximum Gasteiger partial charge on any atom is 0.328 e. The molecular formula is C10H15NO4. The predicted molar refractivity (Wildman–Crippen MR) is 53.4 cm³/mol. The molecule has 0 saturated carbocycles. The van der Waals surface area contributed by atoms with Gasteiger partial charge in [-0.25, -0.2) is 4.79 Å². The molecule has 1 unspecified atom stereocenters. The summed E-state index contributed by atoms with van der Waals surface area (Å²) in [7, 11) is 0. The van der Waals surface area contributed by atoms with Gasteiger partial charge in [0.25, 0.3) is 0 Å². The zero-order valence-corrected chi connectivity index (χ0v) is 8.82. The van der Waals surface area contributed by atoms with Gasteiger partial charge in [0, 0.05) is 18.8 Å². The zero-order valence-electron chi connectivity index (χ0n) is 8.82. The number of ether oxygens (including phenoxy) is 1. The third kappa shape index (κ3) is 3.36. The van der Waals surface area contributed by atoms with E-state index in [9.17, 15) is 9.59 Å². The number of hydrogen-bond acceptors (Lipinski definition) is 3. The Hall–Kier alpha value is -1.36. The van der Waals surface area contributed by atoms with E-state index in [1.54, 1.807) is 0 Å². The monoisotopic (exact) mass is 213 g/mol. The van der Waals surface area contributed by atoms with Crippen molar-refractivity contribution >= 4 is 11.9 Å². The molecule has 0 bridgehead atoms. The molecule has 0 radical (unpaired) electrons. The summed E-state index contributed by atoms with van der Waals surface area (Å²) in [5.74, 6) is -1.53. The number of carbonyl (C=O) groups is 2. The standard InChI is InChI=1S/C10H15NO4/c1-10(2)7(5-6-15-10)11-8(12)3-4-9(13)14/h3-4,7H,5-6H2,1-2H3,(H,11,12)(H,13,14)/b4-3+. The van der Waals surface area contributed by atoms with Gasteiger partial charge >= 0.3 is 5.97 Å². The van der Waals surface area contributed by atoms with E-state index < -0.39 is 11.9 Å². The van der Waals surface area contributed by atoms with Gasteiger partial charge in [0.2, 0.25) is 5.91 Å². The van der Waals surface area contributed by atoms with Crippen LogP contribution in [0.25, 0.3) is 0 Å². The summed E-state index contributed by atoms with van der Waals surface area (Å²) in [4.78, 5) is 21.5. The molecule has 1 amide bonds. The van der Waals surface area contributed by atoms with Gasteiger partial charge in [-0.1, -0.05) is 0 Å². The second kappa shape index (κ2) is 4.44. The molecule has 5 nitrogen and oxygen atoms in total. The minimum Gasteiger partial charge on any atom is -0.478 e. The average Bonchev–Trinajstić information content (AvgIpc) is 2.43. The third-order valence-electron chi connectivity index (χ3n) is 2.41. The molecule has 2 N–H and O–H groups in total. The Morgan fingerprint density at radius 2 is 2.13 bits per heavy atom. The van der Waals surface area contributed by atoms with Crippen LogP contribution < -0.4 is 5.32 Å².